The van der Waals surface area contributed by atoms with Gasteiger partial charge in [-0.25, -0.2) is 0 Å². The van der Waals surface area contributed by atoms with Gasteiger partial charge in [0.15, 0.2) is 0 Å². The highest BCUT2D eigenvalue weighted by molar-refractivity contribution is 5.42. The van der Waals surface area contributed by atoms with Crippen LogP contribution in [0.15, 0.2) is 6.07 Å². The second-order valence-corrected chi connectivity index (χ2v) is 3.17. The Hall–Kier alpha value is -1.56. The Morgan fingerprint density at radius 3 is 2.88 bits per heavy atom. The minimum atomic E-state index is 0.209. The minimum absolute atomic E-state index is 0.209. The summed E-state index contributed by atoms with van der Waals surface area (Å²) >= 11 is 0. The molecule has 1 heterocycles. The van der Waals surface area contributed by atoms with Crippen LogP contribution in [0.5, 0.6) is 5.88 Å². The van der Waals surface area contributed by atoms with Crippen LogP contribution >= 0.6 is 0 Å². The largest absolute Gasteiger partial charge is 0.477 e. The standard InChI is InChI=1S/C10H18N4O2/c1-3-12-8-7-9(14-10(11)13-8)16-6-4-5-15-2/h7H,3-6H2,1-2H3,(H3,11,12,13,14). The van der Waals surface area contributed by atoms with E-state index in [9.17, 15) is 0 Å². The zero-order valence-corrected chi connectivity index (χ0v) is 9.69. The molecule has 0 aliphatic carbocycles. The first kappa shape index (κ1) is 12.5. The van der Waals surface area contributed by atoms with E-state index in [0.29, 0.717) is 24.9 Å². The molecule has 6 heteroatoms. The van der Waals surface area contributed by atoms with Crippen molar-refractivity contribution in [3.05, 3.63) is 6.07 Å². The van der Waals surface area contributed by atoms with E-state index < -0.39 is 0 Å². The van der Waals surface area contributed by atoms with Crippen molar-refractivity contribution in [3.8, 4) is 5.88 Å². The average molecular weight is 226 g/mol. The van der Waals surface area contributed by atoms with Crippen molar-refractivity contribution in [1.29, 1.82) is 0 Å². The SMILES string of the molecule is CCNc1cc(OCCCOC)nc(N)n1. The zero-order chi connectivity index (χ0) is 11.8. The summed E-state index contributed by atoms with van der Waals surface area (Å²) in [7, 11) is 1.66. The maximum Gasteiger partial charge on any atom is 0.225 e. The van der Waals surface area contributed by atoms with Gasteiger partial charge < -0.3 is 20.5 Å². The number of nitrogen functional groups attached to an aromatic ring is 1. The van der Waals surface area contributed by atoms with Gasteiger partial charge in [-0.3, -0.25) is 0 Å². The minimum Gasteiger partial charge on any atom is -0.477 e. The maximum atomic E-state index is 5.55. The van der Waals surface area contributed by atoms with E-state index in [1.54, 1.807) is 13.2 Å². The molecule has 0 aromatic carbocycles. The van der Waals surface area contributed by atoms with Crippen LogP contribution in [0.2, 0.25) is 0 Å². The number of hydrogen-bond donors (Lipinski definition) is 2. The fourth-order valence-electron chi connectivity index (χ4n) is 1.17. The normalized spacial score (nSPS) is 10.1. The predicted molar refractivity (Wildman–Crippen MR) is 62.6 cm³/mol. The monoisotopic (exact) mass is 226 g/mol. The lowest BCUT2D eigenvalue weighted by Gasteiger charge is -2.08. The first-order valence-corrected chi connectivity index (χ1v) is 5.26. The number of methoxy groups -OCH3 is 1. The number of nitrogens with one attached hydrogen (secondary N) is 1. The Bertz CT molecular complexity index is 320. The first-order chi connectivity index (χ1) is 7.76. The van der Waals surface area contributed by atoms with Crippen LogP contribution < -0.4 is 15.8 Å². The molecular weight excluding hydrogens is 208 g/mol. The summed E-state index contributed by atoms with van der Waals surface area (Å²) in [5.41, 5.74) is 5.55. The van der Waals surface area contributed by atoms with E-state index in [0.717, 1.165) is 13.0 Å². The molecule has 0 radical (unpaired) electrons. The van der Waals surface area contributed by atoms with Crippen LogP contribution in [0.25, 0.3) is 0 Å². The lowest BCUT2D eigenvalue weighted by Crippen LogP contribution is -2.07. The molecule has 0 unspecified atom stereocenters. The Morgan fingerprint density at radius 1 is 1.38 bits per heavy atom. The van der Waals surface area contributed by atoms with Crippen LogP contribution in [0.4, 0.5) is 11.8 Å². The molecule has 0 aliphatic rings. The summed E-state index contributed by atoms with van der Waals surface area (Å²) < 4.78 is 10.3. The highest BCUT2D eigenvalue weighted by atomic mass is 16.5. The number of aromatic nitrogens is 2. The molecule has 0 aliphatic heterocycles. The third-order valence-corrected chi connectivity index (χ3v) is 1.82. The fourth-order valence-corrected chi connectivity index (χ4v) is 1.17. The van der Waals surface area contributed by atoms with Crippen molar-refractivity contribution in [2.24, 2.45) is 0 Å². The number of nitrogens with zero attached hydrogens (tertiary/aromatic N) is 2. The summed E-state index contributed by atoms with van der Waals surface area (Å²) in [5, 5.41) is 3.05. The third kappa shape index (κ3) is 4.31. The van der Waals surface area contributed by atoms with Crippen molar-refractivity contribution in [2.75, 3.05) is 37.9 Å². The van der Waals surface area contributed by atoms with E-state index in [1.807, 2.05) is 6.92 Å². The third-order valence-electron chi connectivity index (χ3n) is 1.82. The van der Waals surface area contributed by atoms with Crippen LogP contribution in [0, 0.1) is 0 Å². The molecule has 6 nitrogen and oxygen atoms in total. The smallest absolute Gasteiger partial charge is 0.225 e. The number of ether oxygens (including phenoxy) is 2. The number of nitrogens with two attached hydrogens (primary N) is 1. The molecule has 0 saturated heterocycles. The summed E-state index contributed by atoms with van der Waals surface area (Å²) in [5.74, 6) is 1.37. The number of rotatable bonds is 7. The van der Waals surface area contributed by atoms with Crippen LogP contribution in [0.3, 0.4) is 0 Å². The van der Waals surface area contributed by atoms with Gasteiger partial charge in [0.1, 0.15) is 5.82 Å². The molecule has 0 spiro atoms. The van der Waals surface area contributed by atoms with Gasteiger partial charge in [0.05, 0.1) is 6.61 Å². The summed E-state index contributed by atoms with van der Waals surface area (Å²) in [6, 6.07) is 1.73. The van der Waals surface area contributed by atoms with Crippen LogP contribution in [-0.2, 0) is 4.74 Å². The van der Waals surface area contributed by atoms with Gasteiger partial charge in [-0.15, -0.1) is 0 Å². The molecule has 90 valence electrons. The number of anilines is 2. The second kappa shape index (κ2) is 6.84. The molecule has 1 aromatic rings. The van der Waals surface area contributed by atoms with Gasteiger partial charge in [0.2, 0.25) is 11.8 Å². The van der Waals surface area contributed by atoms with Gasteiger partial charge >= 0.3 is 0 Å². The second-order valence-electron chi connectivity index (χ2n) is 3.17. The topological polar surface area (TPSA) is 82.3 Å². The molecule has 16 heavy (non-hydrogen) atoms. The molecule has 0 saturated carbocycles. The Labute approximate surface area is 95.2 Å². The zero-order valence-electron chi connectivity index (χ0n) is 9.69. The van der Waals surface area contributed by atoms with E-state index in [2.05, 4.69) is 15.3 Å². The van der Waals surface area contributed by atoms with Gasteiger partial charge in [-0.2, -0.15) is 9.97 Å². The van der Waals surface area contributed by atoms with Crippen LogP contribution in [-0.4, -0.2) is 36.8 Å². The molecule has 0 atom stereocenters. The van der Waals surface area contributed by atoms with E-state index in [4.69, 9.17) is 15.2 Å². The quantitative estimate of drug-likeness (QED) is 0.672. The van der Waals surface area contributed by atoms with E-state index in [-0.39, 0.29) is 5.95 Å². The highest BCUT2D eigenvalue weighted by Gasteiger charge is 2.02. The van der Waals surface area contributed by atoms with Crippen molar-refractivity contribution in [1.82, 2.24) is 9.97 Å². The van der Waals surface area contributed by atoms with Crippen molar-refractivity contribution in [3.63, 3.8) is 0 Å². The first-order valence-electron chi connectivity index (χ1n) is 5.26. The lowest BCUT2D eigenvalue weighted by molar-refractivity contribution is 0.170. The lowest BCUT2D eigenvalue weighted by atomic mass is 10.5. The maximum absolute atomic E-state index is 5.55. The fraction of sp³-hybridized carbons (Fsp3) is 0.600. The molecular formula is C10H18N4O2. The van der Waals surface area contributed by atoms with E-state index in [1.165, 1.54) is 0 Å². The molecule has 0 amide bonds. The van der Waals surface area contributed by atoms with Gasteiger partial charge in [0.25, 0.3) is 0 Å². The predicted octanol–water partition coefficient (Wildman–Crippen LogP) is 0.906. The van der Waals surface area contributed by atoms with E-state index >= 15 is 0 Å². The average Bonchev–Trinajstić information content (AvgIpc) is 2.24. The van der Waals surface area contributed by atoms with Crippen molar-refractivity contribution < 1.29 is 9.47 Å². The van der Waals surface area contributed by atoms with Gasteiger partial charge in [-0.1, -0.05) is 0 Å². The van der Waals surface area contributed by atoms with Crippen molar-refractivity contribution >= 4 is 11.8 Å². The number of hydrogen-bond acceptors (Lipinski definition) is 6. The molecule has 3 N–H and O–H groups in total. The molecule has 0 bridgehead atoms. The molecule has 1 rings (SSSR count). The Kier molecular flexibility index (Phi) is 5.35. The van der Waals surface area contributed by atoms with Crippen LogP contribution in [0.1, 0.15) is 13.3 Å². The molecule has 1 aromatic heterocycles. The molecule has 0 fully saturated rings. The highest BCUT2D eigenvalue weighted by Crippen LogP contribution is 2.14. The van der Waals surface area contributed by atoms with Gasteiger partial charge in [-0.05, 0) is 6.92 Å². The summed E-state index contributed by atoms with van der Waals surface area (Å²) in [6.45, 7) is 3.98. The Balaban J connectivity index is 2.51. The summed E-state index contributed by atoms with van der Waals surface area (Å²) in [6.07, 6.45) is 0.816. The Morgan fingerprint density at radius 2 is 2.19 bits per heavy atom. The van der Waals surface area contributed by atoms with Gasteiger partial charge in [0, 0.05) is 32.7 Å². The summed E-state index contributed by atoms with van der Waals surface area (Å²) in [4.78, 5) is 8.00. The van der Waals surface area contributed by atoms with Crippen molar-refractivity contribution in [2.45, 2.75) is 13.3 Å².